The maximum atomic E-state index is 12.9. The molecule has 22 heavy (non-hydrogen) atoms. The van der Waals surface area contributed by atoms with Crippen molar-refractivity contribution in [2.24, 2.45) is 11.8 Å². The number of benzene rings is 1. The second kappa shape index (κ2) is 7.74. The summed E-state index contributed by atoms with van der Waals surface area (Å²) >= 11 is 0. The van der Waals surface area contributed by atoms with Crippen LogP contribution >= 0.6 is 0 Å². The van der Waals surface area contributed by atoms with E-state index in [1.807, 2.05) is 24.3 Å². The molecule has 3 nitrogen and oxygen atoms in total. The lowest BCUT2D eigenvalue weighted by molar-refractivity contribution is -0.140. The molecule has 4 heteroatoms. The summed E-state index contributed by atoms with van der Waals surface area (Å²) in [6, 6.07) is 9.02. The van der Waals surface area contributed by atoms with Gasteiger partial charge in [0, 0.05) is 0 Å². The van der Waals surface area contributed by atoms with Gasteiger partial charge in [0.15, 0.2) is 5.83 Å². The van der Waals surface area contributed by atoms with E-state index in [-0.39, 0.29) is 17.8 Å². The average molecular weight is 301 g/mol. The van der Waals surface area contributed by atoms with E-state index in [9.17, 15) is 9.18 Å². The first-order valence-electron chi connectivity index (χ1n) is 7.70. The minimum absolute atomic E-state index is 0.0486. The van der Waals surface area contributed by atoms with Gasteiger partial charge in [0.25, 0.3) is 0 Å². The van der Waals surface area contributed by atoms with Crippen LogP contribution in [0.1, 0.15) is 38.2 Å². The van der Waals surface area contributed by atoms with Crippen molar-refractivity contribution in [1.82, 2.24) is 0 Å². The van der Waals surface area contributed by atoms with Gasteiger partial charge in [-0.05, 0) is 61.8 Å². The fourth-order valence-corrected chi connectivity index (χ4v) is 2.76. The molecule has 0 amide bonds. The van der Waals surface area contributed by atoms with Crippen LogP contribution < -0.4 is 4.74 Å². The van der Waals surface area contributed by atoms with E-state index in [0.717, 1.165) is 6.42 Å². The summed E-state index contributed by atoms with van der Waals surface area (Å²) in [5.74, 6) is -0.470. The number of carbonyl (C=O) groups excluding carboxylic acids is 1. The molecule has 1 aliphatic rings. The predicted molar refractivity (Wildman–Crippen MR) is 81.7 cm³/mol. The quantitative estimate of drug-likeness (QED) is 0.472. The fourth-order valence-electron chi connectivity index (χ4n) is 2.76. The van der Waals surface area contributed by atoms with E-state index in [1.165, 1.54) is 17.7 Å². The Morgan fingerprint density at radius 2 is 1.95 bits per heavy atom. The topological polar surface area (TPSA) is 50.1 Å². The second-order valence-electron chi connectivity index (χ2n) is 5.66. The number of carbonyl (C=O) groups is 1. The largest absolute Gasteiger partial charge is 0.426 e. The summed E-state index contributed by atoms with van der Waals surface area (Å²) in [7, 11) is 0. The van der Waals surface area contributed by atoms with Crippen LogP contribution in [0.25, 0.3) is 0 Å². The van der Waals surface area contributed by atoms with Gasteiger partial charge in [-0.3, -0.25) is 4.79 Å². The number of allylic oxidation sites excluding steroid dienone is 2. The molecule has 2 rings (SSSR count). The monoisotopic (exact) mass is 301 g/mol. The third-order valence-electron chi connectivity index (χ3n) is 4.14. The first-order chi connectivity index (χ1) is 10.6. The van der Waals surface area contributed by atoms with Crippen LogP contribution in [0.3, 0.4) is 0 Å². The van der Waals surface area contributed by atoms with Gasteiger partial charge in [0.2, 0.25) is 0 Å². The van der Waals surface area contributed by atoms with Crippen molar-refractivity contribution in [2.75, 3.05) is 0 Å². The minimum atomic E-state index is -0.734. The van der Waals surface area contributed by atoms with Gasteiger partial charge in [-0.1, -0.05) is 19.1 Å². The number of ether oxygens (including phenoxy) is 1. The van der Waals surface area contributed by atoms with Gasteiger partial charge < -0.3 is 4.74 Å². The number of nitriles is 1. The van der Waals surface area contributed by atoms with E-state index >= 15 is 0 Å². The highest BCUT2D eigenvalue weighted by Crippen LogP contribution is 2.31. The fraction of sp³-hybridized carbons (Fsp3) is 0.444. The highest BCUT2D eigenvalue weighted by Gasteiger charge is 2.27. The zero-order chi connectivity index (χ0) is 15.9. The molecule has 1 aliphatic carbocycles. The molecule has 116 valence electrons. The van der Waals surface area contributed by atoms with Crippen molar-refractivity contribution in [3.63, 3.8) is 0 Å². The Bertz CT molecular complexity index is 578. The zero-order valence-corrected chi connectivity index (χ0v) is 12.7. The number of nitrogens with zero attached hydrogens (tertiary/aromatic N) is 1. The van der Waals surface area contributed by atoms with Crippen molar-refractivity contribution in [2.45, 2.75) is 39.0 Å². The number of hydrogen-bond donors (Lipinski definition) is 0. The summed E-state index contributed by atoms with van der Waals surface area (Å²) < 4.78 is 18.3. The number of halogens is 1. The molecule has 1 aromatic carbocycles. The van der Waals surface area contributed by atoms with Crippen LogP contribution in [0.5, 0.6) is 5.75 Å². The smallest absolute Gasteiger partial charge is 0.314 e. The molecule has 1 saturated carbocycles. The molecular formula is C18H20FNO2. The van der Waals surface area contributed by atoms with E-state index < -0.39 is 5.83 Å². The minimum Gasteiger partial charge on any atom is -0.426 e. The molecule has 0 saturated heterocycles. The molecule has 0 aromatic heterocycles. The molecular weight excluding hydrogens is 281 g/mol. The summed E-state index contributed by atoms with van der Waals surface area (Å²) in [6.45, 7) is 2.07. The van der Waals surface area contributed by atoms with Crippen molar-refractivity contribution >= 4 is 5.97 Å². The number of rotatable bonds is 4. The lowest BCUT2D eigenvalue weighted by Gasteiger charge is -2.25. The predicted octanol–water partition coefficient (Wildman–Crippen LogP) is 4.34. The van der Waals surface area contributed by atoms with Gasteiger partial charge in [0.05, 0.1) is 5.92 Å². The third-order valence-corrected chi connectivity index (χ3v) is 4.14. The Morgan fingerprint density at radius 3 is 2.50 bits per heavy atom. The molecule has 0 N–H and O–H groups in total. The van der Waals surface area contributed by atoms with Gasteiger partial charge in [-0.2, -0.15) is 9.65 Å². The number of aryl methyl sites for hydroxylation is 1. The zero-order valence-electron chi connectivity index (χ0n) is 12.7. The van der Waals surface area contributed by atoms with Crippen LogP contribution in [-0.4, -0.2) is 5.97 Å². The summed E-state index contributed by atoms with van der Waals surface area (Å²) in [5.41, 5.74) is 1.20. The van der Waals surface area contributed by atoms with Crippen LogP contribution in [0.4, 0.5) is 4.39 Å². The van der Waals surface area contributed by atoms with Crippen LogP contribution in [0, 0.1) is 23.2 Å². The van der Waals surface area contributed by atoms with Crippen molar-refractivity contribution in [3.8, 4) is 11.8 Å². The molecule has 1 fully saturated rings. The summed E-state index contributed by atoms with van der Waals surface area (Å²) in [5, 5.41) is 8.44. The maximum absolute atomic E-state index is 12.9. The number of esters is 1. The molecule has 0 unspecified atom stereocenters. The van der Waals surface area contributed by atoms with E-state index in [1.54, 1.807) is 0 Å². The number of hydrogen-bond acceptors (Lipinski definition) is 3. The molecule has 0 radical (unpaired) electrons. The average Bonchev–Trinajstić information content (AvgIpc) is 2.56. The van der Waals surface area contributed by atoms with E-state index in [4.69, 9.17) is 10.00 Å². The molecule has 1 aromatic rings. The van der Waals surface area contributed by atoms with Crippen molar-refractivity contribution in [1.29, 1.82) is 5.26 Å². The standard InChI is InChI=1S/C18H20FNO2/c1-2-13-5-9-17(10-6-13)22-18(21)15-7-3-14(4-8-15)11-16(19)12-20/h5-6,9-11,14-15H,2-4,7-8H2,1H3/t14-,15-. The van der Waals surface area contributed by atoms with Crippen molar-refractivity contribution < 1.29 is 13.9 Å². The lowest BCUT2D eigenvalue weighted by Crippen LogP contribution is -2.25. The van der Waals surface area contributed by atoms with Crippen LogP contribution in [0.15, 0.2) is 36.2 Å². The Hall–Kier alpha value is -2.15. The highest BCUT2D eigenvalue weighted by atomic mass is 19.1. The Labute approximate surface area is 130 Å². The maximum Gasteiger partial charge on any atom is 0.314 e. The third kappa shape index (κ3) is 4.42. The van der Waals surface area contributed by atoms with E-state index in [0.29, 0.717) is 31.4 Å². The lowest BCUT2D eigenvalue weighted by atomic mass is 9.82. The summed E-state index contributed by atoms with van der Waals surface area (Å²) in [4.78, 5) is 12.1. The SMILES string of the molecule is CCc1ccc(OC(=O)[C@H]2CC[C@H](C=C(F)C#N)CC2)cc1. The highest BCUT2D eigenvalue weighted by molar-refractivity contribution is 5.75. The first kappa shape index (κ1) is 16.2. The van der Waals surface area contributed by atoms with Gasteiger partial charge >= 0.3 is 5.97 Å². The normalized spacial score (nSPS) is 22.0. The van der Waals surface area contributed by atoms with Crippen LogP contribution in [0.2, 0.25) is 0 Å². The van der Waals surface area contributed by atoms with Gasteiger partial charge in [-0.15, -0.1) is 0 Å². The molecule has 0 spiro atoms. The van der Waals surface area contributed by atoms with Crippen LogP contribution in [-0.2, 0) is 11.2 Å². The first-order valence-corrected chi connectivity index (χ1v) is 7.70. The van der Waals surface area contributed by atoms with Gasteiger partial charge in [-0.25, -0.2) is 0 Å². The second-order valence-corrected chi connectivity index (χ2v) is 5.66. The Morgan fingerprint density at radius 1 is 1.32 bits per heavy atom. The van der Waals surface area contributed by atoms with Gasteiger partial charge in [0.1, 0.15) is 11.8 Å². The summed E-state index contributed by atoms with van der Waals surface area (Å²) in [6.07, 6.45) is 5.08. The Balaban J connectivity index is 1.85. The van der Waals surface area contributed by atoms with E-state index in [2.05, 4.69) is 6.92 Å². The van der Waals surface area contributed by atoms with Crippen molar-refractivity contribution in [3.05, 3.63) is 41.7 Å². The Kier molecular flexibility index (Phi) is 5.71. The molecule has 0 atom stereocenters. The molecule has 0 aliphatic heterocycles. The molecule has 0 bridgehead atoms. The molecule has 0 heterocycles.